The molecule has 0 aliphatic carbocycles. The van der Waals surface area contributed by atoms with E-state index in [1.54, 1.807) is 6.08 Å². The number of benzene rings is 1. The number of allylic oxidation sites excluding steroid dienone is 1. The molecule has 0 atom stereocenters. The van der Waals surface area contributed by atoms with Crippen LogP contribution in [0.3, 0.4) is 0 Å². The largest absolute Gasteiger partial charge is 0.303 e. The van der Waals surface area contributed by atoms with Crippen molar-refractivity contribution in [3.05, 3.63) is 42.0 Å². The maximum atomic E-state index is 11.6. The minimum atomic E-state index is 0. The molecule has 3 heteroatoms. The second-order valence-electron chi connectivity index (χ2n) is 3.99. The molecule has 0 heterocycles. The molecule has 100 valence electrons. The van der Waals surface area contributed by atoms with Crippen LogP contribution in [-0.4, -0.2) is 30.3 Å². The minimum Gasteiger partial charge on any atom is -0.303 e. The Morgan fingerprint density at radius 2 is 1.78 bits per heavy atom. The highest BCUT2D eigenvalue weighted by Crippen LogP contribution is 2.02. The molecule has 0 aromatic heterocycles. The quantitative estimate of drug-likeness (QED) is 0.717. The molecule has 0 amide bonds. The van der Waals surface area contributed by atoms with E-state index in [9.17, 15) is 4.79 Å². The van der Waals surface area contributed by atoms with E-state index in [1.807, 2.05) is 36.4 Å². The van der Waals surface area contributed by atoms with Crippen molar-refractivity contribution < 1.29 is 4.79 Å². The summed E-state index contributed by atoms with van der Waals surface area (Å²) >= 11 is 0. The van der Waals surface area contributed by atoms with Crippen molar-refractivity contribution in [2.75, 3.05) is 19.6 Å². The Kier molecular flexibility index (Phi) is 9.52. The van der Waals surface area contributed by atoms with Crippen molar-refractivity contribution >= 4 is 28.8 Å². The Balaban J connectivity index is 0.00000289. The van der Waals surface area contributed by atoms with Crippen LogP contribution < -0.4 is 0 Å². The molecule has 0 unspecified atom stereocenters. The Hall–Kier alpha value is -0.930. The van der Waals surface area contributed by atoms with Crippen LogP contribution in [0.4, 0.5) is 0 Å². The van der Waals surface area contributed by atoms with Crippen molar-refractivity contribution in [1.29, 1.82) is 0 Å². The molecule has 1 aromatic carbocycles. The molecular formula is C15H22BrNO. The normalized spacial score (nSPS) is 10.6. The van der Waals surface area contributed by atoms with Crippen LogP contribution in [0.5, 0.6) is 0 Å². The zero-order valence-electron chi connectivity index (χ0n) is 11.1. The SMILES string of the molecule is Br.CCN(CC)CCC(=O)/C=C/c1ccccc1. The van der Waals surface area contributed by atoms with Gasteiger partial charge in [-0.05, 0) is 24.7 Å². The zero-order valence-corrected chi connectivity index (χ0v) is 12.8. The smallest absolute Gasteiger partial charge is 0.156 e. The molecule has 0 N–H and O–H groups in total. The summed E-state index contributed by atoms with van der Waals surface area (Å²) in [5, 5.41) is 0. The first-order valence-electron chi connectivity index (χ1n) is 6.24. The molecule has 2 nitrogen and oxygen atoms in total. The third kappa shape index (κ3) is 6.72. The minimum absolute atomic E-state index is 0. The van der Waals surface area contributed by atoms with E-state index in [-0.39, 0.29) is 22.8 Å². The van der Waals surface area contributed by atoms with E-state index < -0.39 is 0 Å². The van der Waals surface area contributed by atoms with E-state index in [0.717, 1.165) is 25.2 Å². The topological polar surface area (TPSA) is 20.3 Å². The molecule has 0 bridgehead atoms. The van der Waals surface area contributed by atoms with Crippen molar-refractivity contribution in [3.63, 3.8) is 0 Å². The van der Waals surface area contributed by atoms with Gasteiger partial charge in [0.2, 0.25) is 0 Å². The predicted octanol–water partition coefficient (Wildman–Crippen LogP) is 3.58. The Morgan fingerprint density at radius 1 is 1.17 bits per heavy atom. The maximum absolute atomic E-state index is 11.6. The average molecular weight is 312 g/mol. The summed E-state index contributed by atoms with van der Waals surface area (Å²) in [6.45, 7) is 7.10. The maximum Gasteiger partial charge on any atom is 0.156 e. The summed E-state index contributed by atoms with van der Waals surface area (Å²) in [6.07, 6.45) is 4.16. The first-order chi connectivity index (χ1) is 8.26. The molecule has 0 aliphatic heterocycles. The summed E-state index contributed by atoms with van der Waals surface area (Å²) in [5.41, 5.74) is 1.07. The van der Waals surface area contributed by atoms with E-state index in [1.165, 1.54) is 0 Å². The summed E-state index contributed by atoms with van der Waals surface area (Å²) in [4.78, 5) is 13.9. The summed E-state index contributed by atoms with van der Waals surface area (Å²) in [7, 11) is 0. The molecule has 0 saturated carbocycles. The Labute approximate surface area is 120 Å². The van der Waals surface area contributed by atoms with Crippen molar-refractivity contribution in [1.82, 2.24) is 4.90 Å². The van der Waals surface area contributed by atoms with Crippen LogP contribution >= 0.6 is 17.0 Å². The van der Waals surface area contributed by atoms with Gasteiger partial charge in [0.05, 0.1) is 0 Å². The molecule has 0 radical (unpaired) electrons. The van der Waals surface area contributed by atoms with E-state index in [0.29, 0.717) is 6.42 Å². The van der Waals surface area contributed by atoms with Gasteiger partial charge >= 0.3 is 0 Å². The van der Waals surface area contributed by atoms with Gasteiger partial charge in [0.1, 0.15) is 0 Å². The van der Waals surface area contributed by atoms with Gasteiger partial charge < -0.3 is 4.90 Å². The number of hydrogen-bond acceptors (Lipinski definition) is 2. The molecule has 1 rings (SSSR count). The lowest BCUT2D eigenvalue weighted by atomic mass is 10.1. The number of ketones is 1. The molecule has 0 saturated heterocycles. The number of carbonyl (C=O) groups is 1. The van der Waals surface area contributed by atoms with Crippen LogP contribution in [0, 0.1) is 0 Å². The third-order valence-electron chi connectivity index (χ3n) is 2.83. The Morgan fingerprint density at radius 3 is 2.33 bits per heavy atom. The fourth-order valence-electron chi connectivity index (χ4n) is 1.64. The van der Waals surface area contributed by atoms with Crippen molar-refractivity contribution in [2.24, 2.45) is 0 Å². The highest BCUT2D eigenvalue weighted by Gasteiger charge is 2.02. The van der Waals surface area contributed by atoms with Crippen LogP contribution in [0.1, 0.15) is 25.8 Å². The van der Waals surface area contributed by atoms with Crippen molar-refractivity contribution in [2.45, 2.75) is 20.3 Å². The van der Waals surface area contributed by atoms with E-state index in [2.05, 4.69) is 18.7 Å². The molecule has 0 spiro atoms. The first-order valence-corrected chi connectivity index (χ1v) is 6.24. The fraction of sp³-hybridized carbons (Fsp3) is 0.400. The van der Waals surface area contributed by atoms with Gasteiger partial charge in [-0.25, -0.2) is 0 Å². The number of carbonyl (C=O) groups excluding carboxylic acids is 1. The van der Waals surface area contributed by atoms with E-state index >= 15 is 0 Å². The second kappa shape index (κ2) is 10.0. The van der Waals surface area contributed by atoms with E-state index in [4.69, 9.17) is 0 Å². The molecule has 1 aromatic rings. The number of rotatable bonds is 7. The zero-order chi connectivity index (χ0) is 12.5. The number of halogens is 1. The van der Waals surface area contributed by atoms with Crippen molar-refractivity contribution in [3.8, 4) is 0 Å². The van der Waals surface area contributed by atoms with Gasteiger partial charge in [0.25, 0.3) is 0 Å². The van der Waals surface area contributed by atoms with Crippen LogP contribution in [0.25, 0.3) is 6.08 Å². The molecular weight excluding hydrogens is 290 g/mol. The van der Waals surface area contributed by atoms with Gasteiger partial charge in [-0.1, -0.05) is 50.3 Å². The molecule has 18 heavy (non-hydrogen) atoms. The first kappa shape index (κ1) is 17.1. The van der Waals surface area contributed by atoms with Gasteiger partial charge in [0, 0.05) is 13.0 Å². The lowest BCUT2D eigenvalue weighted by Crippen LogP contribution is -2.25. The fourth-order valence-corrected chi connectivity index (χ4v) is 1.64. The lowest BCUT2D eigenvalue weighted by Gasteiger charge is -2.16. The van der Waals surface area contributed by atoms with Gasteiger partial charge in [0.15, 0.2) is 5.78 Å². The second-order valence-corrected chi connectivity index (χ2v) is 3.99. The predicted molar refractivity (Wildman–Crippen MR) is 83.2 cm³/mol. The highest BCUT2D eigenvalue weighted by molar-refractivity contribution is 8.93. The van der Waals surface area contributed by atoms with Gasteiger partial charge in [-0.3, -0.25) is 4.79 Å². The molecule has 0 aliphatic rings. The summed E-state index contributed by atoms with van der Waals surface area (Å²) in [6, 6.07) is 9.90. The average Bonchev–Trinajstić information content (AvgIpc) is 2.39. The van der Waals surface area contributed by atoms with Crippen LogP contribution in [-0.2, 0) is 4.79 Å². The van der Waals surface area contributed by atoms with Gasteiger partial charge in [-0.15, -0.1) is 17.0 Å². The monoisotopic (exact) mass is 311 g/mol. The van der Waals surface area contributed by atoms with Gasteiger partial charge in [-0.2, -0.15) is 0 Å². The third-order valence-corrected chi connectivity index (χ3v) is 2.83. The number of nitrogens with zero attached hydrogens (tertiary/aromatic N) is 1. The van der Waals surface area contributed by atoms with Crippen LogP contribution in [0.15, 0.2) is 36.4 Å². The van der Waals surface area contributed by atoms with Crippen LogP contribution in [0.2, 0.25) is 0 Å². The molecule has 0 fully saturated rings. The Bertz CT molecular complexity index is 358. The number of hydrogen-bond donors (Lipinski definition) is 0. The summed E-state index contributed by atoms with van der Waals surface area (Å²) in [5.74, 6) is 0.195. The standard InChI is InChI=1S/C15H21NO.BrH/c1-3-16(4-2)13-12-15(17)11-10-14-8-6-5-7-9-14;/h5-11H,3-4,12-13H2,1-2H3;1H/b11-10+;. The highest BCUT2D eigenvalue weighted by atomic mass is 79.9. The lowest BCUT2D eigenvalue weighted by molar-refractivity contribution is -0.114. The summed E-state index contributed by atoms with van der Waals surface area (Å²) < 4.78 is 0.